The lowest BCUT2D eigenvalue weighted by Gasteiger charge is -2.22. The Hall–Kier alpha value is -1.58. The van der Waals surface area contributed by atoms with Crippen LogP contribution in [0.25, 0.3) is 10.8 Å². The fourth-order valence-electron chi connectivity index (χ4n) is 3.23. The molecule has 0 aliphatic carbocycles. The van der Waals surface area contributed by atoms with Crippen molar-refractivity contribution in [3.63, 3.8) is 0 Å². The number of halogens is 1. The van der Waals surface area contributed by atoms with Gasteiger partial charge in [0.25, 0.3) is 0 Å². The molecule has 0 spiro atoms. The van der Waals surface area contributed by atoms with Crippen molar-refractivity contribution in [1.29, 1.82) is 0 Å². The summed E-state index contributed by atoms with van der Waals surface area (Å²) in [6, 6.07) is 14.6. The predicted molar refractivity (Wildman–Crippen MR) is 97.9 cm³/mol. The summed E-state index contributed by atoms with van der Waals surface area (Å²) in [5, 5.41) is 8.89. The Balaban J connectivity index is 0.00000192. The van der Waals surface area contributed by atoms with Crippen molar-refractivity contribution < 1.29 is 4.79 Å². The van der Waals surface area contributed by atoms with Crippen molar-refractivity contribution in [1.82, 2.24) is 10.6 Å². The fraction of sp³-hybridized carbons (Fsp3) is 0.421. The van der Waals surface area contributed by atoms with Gasteiger partial charge < -0.3 is 10.6 Å². The molecule has 1 heterocycles. The lowest BCUT2D eigenvalue weighted by molar-refractivity contribution is -0.121. The van der Waals surface area contributed by atoms with Crippen LogP contribution in [0, 0.1) is 5.92 Å². The molecule has 1 aliphatic heterocycles. The Labute approximate surface area is 144 Å². The van der Waals surface area contributed by atoms with Gasteiger partial charge in [0.2, 0.25) is 5.91 Å². The molecule has 23 heavy (non-hydrogen) atoms. The topological polar surface area (TPSA) is 41.1 Å². The van der Waals surface area contributed by atoms with Gasteiger partial charge in [-0.1, -0.05) is 42.5 Å². The first-order valence-electron chi connectivity index (χ1n) is 8.27. The van der Waals surface area contributed by atoms with Crippen molar-refractivity contribution >= 4 is 29.1 Å². The first-order chi connectivity index (χ1) is 10.8. The van der Waals surface area contributed by atoms with Crippen LogP contribution in [0.2, 0.25) is 0 Å². The Morgan fingerprint density at radius 1 is 1.09 bits per heavy atom. The minimum atomic E-state index is 0. The van der Waals surface area contributed by atoms with Crippen LogP contribution in [0.5, 0.6) is 0 Å². The van der Waals surface area contributed by atoms with Gasteiger partial charge >= 0.3 is 0 Å². The standard InChI is InChI=1S/C19H24N2O.ClH/c22-19(9-8-15-10-12-20-13-11-15)21-14-17-6-3-5-16-4-1-2-7-18(16)17;/h1-7,15,20H,8-14H2,(H,21,22);1H. The number of carbonyl (C=O) groups is 1. The Morgan fingerprint density at radius 2 is 1.83 bits per heavy atom. The van der Waals surface area contributed by atoms with Crippen molar-refractivity contribution in [3.8, 4) is 0 Å². The van der Waals surface area contributed by atoms with Crippen molar-refractivity contribution in [2.75, 3.05) is 13.1 Å². The van der Waals surface area contributed by atoms with Crippen LogP contribution in [0.1, 0.15) is 31.2 Å². The van der Waals surface area contributed by atoms with Crippen molar-refractivity contribution in [3.05, 3.63) is 48.0 Å². The Bertz CT molecular complexity index is 633. The summed E-state index contributed by atoms with van der Waals surface area (Å²) < 4.78 is 0. The first kappa shape index (κ1) is 17.8. The van der Waals surface area contributed by atoms with Gasteiger partial charge in [0.1, 0.15) is 0 Å². The van der Waals surface area contributed by atoms with Crippen molar-refractivity contribution in [2.45, 2.75) is 32.2 Å². The number of rotatable bonds is 5. The van der Waals surface area contributed by atoms with Crippen LogP contribution in [-0.4, -0.2) is 19.0 Å². The van der Waals surface area contributed by atoms with E-state index in [0.29, 0.717) is 18.9 Å². The molecule has 2 aromatic rings. The molecule has 0 atom stereocenters. The average molecular weight is 333 g/mol. The minimum absolute atomic E-state index is 0. The smallest absolute Gasteiger partial charge is 0.220 e. The lowest BCUT2D eigenvalue weighted by atomic mass is 9.93. The molecule has 1 aliphatic rings. The van der Waals surface area contributed by atoms with E-state index in [1.54, 1.807) is 0 Å². The highest BCUT2D eigenvalue weighted by molar-refractivity contribution is 5.86. The molecule has 3 rings (SSSR count). The van der Waals surface area contributed by atoms with E-state index in [-0.39, 0.29) is 18.3 Å². The van der Waals surface area contributed by atoms with Crippen LogP contribution in [0.4, 0.5) is 0 Å². The van der Waals surface area contributed by atoms with E-state index in [0.717, 1.165) is 19.5 Å². The van der Waals surface area contributed by atoms with Gasteiger partial charge in [0.05, 0.1) is 0 Å². The number of carbonyl (C=O) groups excluding carboxylic acids is 1. The Morgan fingerprint density at radius 3 is 2.65 bits per heavy atom. The molecule has 1 saturated heterocycles. The number of benzene rings is 2. The van der Waals surface area contributed by atoms with Crippen molar-refractivity contribution in [2.24, 2.45) is 5.92 Å². The maximum absolute atomic E-state index is 12.1. The molecule has 0 saturated carbocycles. The molecule has 0 radical (unpaired) electrons. The van der Waals surface area contributed by atoms with Gasteiger partial charge in [-0.05, 0) is 54.6 Å². The van der Waals surface area contributed by atoms with Gasteiger partial charge in [0.15, 0.2) is 0 Å². The third-order valence-corrected chi connectivity index (χ3v) is 4.59. The lowest BCUT2D eigenvalue weighted by Crippen LogP contribution is -2.29. The quantitative estimate of drug-likeness (QED) is 0.877. The largest absolute Gasteiger partial charge is 0.352 e. The third kappa shape index (κ3) is 4.95. The highest BCUT2D eigenvalue weighted by atomic mass is 35.5. The van der Waals surface area contributed by atoms with E-state index in [1.165, 1.54) is 29.2 Å². The Kier molecular flexibility index (Phi) is 6.87. The summed E-state index contributed by atoms with van der Waals surface area (Å²) in [6.45, 7) is 2.82. The van der Waals surface area contributed by atoms with Crippen LogP contribution in [0.3, 0.4) is 0 Å². The molecule has 0 unspecified atom stereocenters. The van der Waals surface area contributed by atoms with Crippen LogP contribution in [0.15, 0.2) is 42.5 Å². The molecular formula is C19H25ClN2O. The maximum Gasteiger partial charge on any atom is 0.220 e. The number of hydrogen-bond acceptors (Lipinski definition) is 2. The summed E-state index contributed by atoms with van der Waals surface area (Å²) in [5.74, 6) is 0.885. The first-order valence-corrected chi connectivity index (χ1v) is 8.27. The SMILES string of the molecule is Cl.O=C(CCC1CCNCC1)NCc1cccc2ccccc12. The van der Waals surface area contributed by atoms with E-state index >= 15 is 0 Å². The number of amides is 1. The number of fused-ring (bicyclic) bond motifs is 1. The second-order valence-electron chi connectivity index (χ2n) is 6.15. The molecule has 2 aromatic carbocycles. The number of nitrogens with one attached hydrogen (secondary N) is 2. The molecule has 1 fully saturated rings. The molecule has 0 bridgehead atoms. The van der Waals surface area contributed by atoms with Gasteiger partial charge in [-0.3, -0.25) is 4.79 Å². The van der Waals surface area contributed by atoms with Gasteiger partial charge in [0, 0.05) is 13.0 Å². The van der Waals surface area contributed by atoms with Gasteiger partial charge in [-0.2, -0.15) is 0 Å². The monoisotopic (exact) mass is 332 g/mol. The summed E-state index contributed by atoms with van der Waals surface area (Å²) in [5.41, 5.74) is 1.19. The second-order valence-corrected chi connectivity index (χ2v) is 6.15. The minimum Gasteiger partial charge on any atom is -0.352 e. The van der Waals surface area contributed by atoms with Crippen LogP contribution >= 0.6 is 12.4 Å². The summed E-state index contributed by atoms with van der Waals surface area (Å²) in [7, 11) is 0. The highest BCUT2D eigenvalue weighted by Gasteiger charge is 2.14. The molecule has 124 valence electrons. The summed E-state index contributed by atoms with van der Waals surface area (Å²) in [4.78, 5) is 12.1. The maximum atomic E-state index is 12.1. The molecule has 0 aromatic heterocycles. The van der Waals surface area contributed by atoms with Crippen LogP contribution < -0.4 is 10.6 Å². The second kappa shape index (κ2) is 8.90. The molecular weight excluding hydrogens is 308 g/mol. The average Bonchev–Trinajstić information content (AvgIpc) is 2.59. The normalized spacial score (nSPS) is 15.1. The van der Waals surface area contributed by atoms with Gasteiger partial charge in [-0.15, -0.1) is 12.4 Å². The zero-order chi connectivity index (χ0) is 15.2. The van der Waals surface area contributed by atoms with E-state index in [4.69, 9.17) is 0 Å². The molecule has 1 amide bonds. The third-order valence-electron chi connectivity index (χ3n) is 4.59. The zero-order valence-corrected chi connectivity index (χ0v) is 14.2. The highest BCUT2D eigenvalue weighted by Crippen LogP contribution is 2.19. The van der Waals surface area contributed by atoms with E-state index in [1.807, 2.05) is 12.1 Å². The fourth-order valence-corrected chi connectivity index (χ4v) is 3.23. The number of hydrogen-bond donors (Lipinski definition) is 2. The summed E-state index contributed by atoms with van der Waals surface area (Å²) >= 11 is 0. The molecule has 2 N–H and O–H groups in total. The van der Waals surface area contributed by atoms with E-state index < -0.39 is 0 Å². The number of piperidine rings is 1. The molecule has 3 nitrogen and oxygen atoms in total. The summed E-state index contributed by atoms with van der Waals surface area (Å²) in [6.07, 6.45) is 4.08. The van der Waals surface area contributed by atoms with Crippen LogP contribution in [-0.2, 0) is 11.3 Å². The predicted octanol–water partition coefficient (Wildman–Crippen LogP) is 3.66. The van der Waals surface area contributed by atoms with E-state index in [2.05, 4.69) is 41.0 Å². The molecule has 4 heteroatoms. The van der Waals surface area contributed by atoms with Gasteiger partial charge in [-0.25, -0.2) is 0 Å². The van der Waals surface area contributed by atoms with E-state index in [9.17, 15) is 4.79 Å². The zero-order valence-electron chi connectivity index (χ0n) is 13.4.